The van der Waals surface area contributed by atoms with Gasteiger partial charge in [0.15, 0.2) is 0 Å². The summed E-state index contributed by atoms with van der Waals surface area (Å²) in [4.78, 5) is 0. The van der Waals surface area contributed by atoms with Crippen molar-refractivity contribution in [2.75, 3.05) is 13.6 Å². The van der Waals surface area contributed by atoms with E-state index >= 15 is 0 Å². The van der Waals surface area contributed by atoms with E-state index in [1.807, 2.05) is 7.05 Å². The molecule has 1 atom stereocenters. The Morgan fingerprint density at radius 2 is 2.00 bits per heavy atom. The average molecular weight is 195 g/mol. The topological polar surface area (TPSA) is 29.9 Å². The average Bonchev–Trinajstić information content (AvgIpc) is 2.42. The van der Waals surface area contributed by atoms with E-state index in [2.05, 4.69) is 42.8 Å². The largest absolute Gasteiger partial charge is 0.320 e. The van der Waals surface area contributed by atoms with Gasteiger partial charge in [0.25, 0.3) is 0 Å². The first-order chi connectivity index (χ1) is 6.57. The molecule has 0 fully saturated rings. The lowest BCUT2D eigenvalue weighted by atomic mass is 10.2. The minimum absolute atomic E-state index is 0.481. The van der Waals surface area contributed by atoms with E-state index in [4.69, 9.17) is 0 Å². The Morgan fingerprint density at radius 3 is 2.43 bits per heavy atom. The lowest BCUT2D eigenvalue weighted by molar-refractivity contribution is 0.441. The van der Waals surface area contributed by atoms with Gasteiger partial charge in [0, 0.05) is 5.69 Å². The molecule has 80 valence electrons. The zero-order valence-electron chi connectivity index (χ0n) is 9.89. The molecule has 0 saturated carbocycles. The molecule has 14 heavy (non-hydrogen) atoms. The zero-order valence-corrected chi connectivity index (χ0v) is 9.89. The van der Waals surface area contributed by atoms with E-state index in [0.717, 1.165) is 18.7 Å². The number of aromatic nitrogens is 2. The minimum atomic E-state index is 0.481. The van der Waals surface area contributed by atoms with Gasteiger partial charge in [-0.3, -0.25) is 4.68 Å². The highest BCUT2D eigenvalue weighted by Gasteiger charge is 2.11. The van der Waals surface area contributed by atoms with Gasteiger partial charge in [0.05, 0.1) is 11.7 Å². The van der Waals surface area contributed by atoms with Crippen molar-refractivity contribution in [2.45, 2.75) is 40.2 Å². The fraction of sp³-hybridized carbons (Fsp3) is 0.727. The molecule has 0 amide bonds. The van der Waals surface area contributed by atoms with Gasteiger partial charge in [-0.25, -0.2) is 0 Å². The van der Waals surface area contributed by atoms with Crippen molar-refractivity contribution in [1.82, 2.24) is 15.1 Å². The maximum absolute atomic E-state index is 4.55. The number of nitrogens with one attached hydrogen (secondary N) is 1. The monoisotopic (exact) mass is 195 g/mol. The maximum atomic E-state index is 4.55. The van der Waals surface area contributed by atoms with Crippen LogP contribution in [0.3, 0.4) is 0 Å². The molecule has 1 rings (SSSR count). The van der Waals surface area contributed by atoms with Gasteiger partial charge in [-0.2, -0.15) is 5.10 Å². The highest BCUT2D eigenvalue weighted by molar-refractivity contribution is 5.22. The molecule has 1 N–H and O–H groups in total. The molecular formula is C11H21N3. The van der Waals surface area contributed by atoms with Crippen LogP contribution >= 0.6 is 0 Å². The van der Waals surface area contributed by atoms with Gasteiger partial charge >= 0.3 is 0 Å². The van der Waals surface area contributed by atoms with E-state index in [-0.39, 0.29) is 0 Å². The molecule has 1 heterocycles. The summed E-state index contributed by atoms with van der Waals surface area (Å²) in [5, 5.41) is 7.72. The number of hydrogen-bond donors (Lipinski definition) is 1. The van der Waals surface area contributed by atoms with Crippen molar-refractivity contribution in [3.8, 4) is 0 Å². The summed E-state index contributed by atoms with van der Waals surface area (Å²) in [6.45, 7) is 9.61. The van der Waals surface area contributed by atoms with Gasteiger partial charge in [-0.1, -0.05) is 0 Å². The first-order valence-corrected chi connectivity index (χ1v) is 5.24. The number of nitrogens with zero attached hydrogens (tertiary/aromatic N) is 2. The summed E-state index contributed by atoms with van der Waals surface area (Å²) in [5.41, 5.74) is 3.77. The number of rotatable bonds is 4. The van der Waals surface area contributed by atoms with Crippen molar-refractivity contribution in [1.29, 1.82) is 0 Å². The third-order valence-corrected chi connectivity index (χ3v) is 2.92. The van der Waals surface area contributed by atoms with Crippen LogP contribution in [0.2, 0.25) is 0 Å². The second-order valence-electron chi connectivity index (χ2n) is 3.98. The fourth-order valence-electron chi connectivity index (χ4n) is 1.65. The van der Waals surface area contributed by atoms with Crippen LogP contribution in [0.5, 0.6) is 0 Å². The Labute approximate surface area is 86.5 Å². The molecule has 0 saturated heterocycles. The molecule has 0 aliphatic rings. The van der Waals surface area contributed by atoms with E-state index < -0.39 is 0 Å². The summed E-state index contributed by atoms with van der Waals surface area (Å²) >= 11 is 0. The molecule has 1 unspecified atom stereocenters. The quantitative estimate of drug-likeness (QED) is 0.796. The molecule has 1 aromatic rings. The Morgan fingerprint density at radius 1 is 1.36 bits per heavy atom. The van der Waals surface area contributed by atoms with Gasteiger partial charge in [-0.15, -0.1) is 0 Å². The van der Waals surface area contributed by atoms with Crippen LogP contribution in [0.1, 0.15) is 36.3 Å². The summed E-state index contributed by atoms with van der Waals surface area (Å²) in [7, 11) is 1.99. The number of hydrogen-bond acceptors (Lipinski definition) is 2. The SMILES string of the molecule is CNCCC(C)n1nc(C)c(C)c1C. The first kappa shape index (κ1) is 11.2. The first-order valence-electron chi connectivity index (χ1n) is 5.24. The van der Waals surface area contributed by atoms with Crippen molar-refractivity contribution >= 4 is 0 Å². The van der Waals surface area contributed by atoms with E-state index in [0.29, 0.717) is 6.04 Å². The van der Waals surface area contributed by atoms with Gasteiger partial charge < -0.3 is 5.32 Å². The predicted octanol–water partition coefficient (Wildman–Crippen LogP) is 1.98. The summed E-state index contributed by atoms with van der Waals surface area (Å²) < 4.78 is 2.14. The highest BCUT2D eigenvalue weighted by atomic mass is 15.3. The van der Waals surface area contributed by atoms with Crippen molar-refractivity contribution in [3.05, 3.63) is 17.0 Å². The van der Waals surface area contributed by atoms with Gasteiger partial charge in [0.1, 0.15) is 0 Å². The third-order valence-electron chi connectivity index (χ3n) is 2.92. The zero-order chi connectivity index (χ0) is 10.7. The Kier molecular flexibility index (Phi) is 3.69. The van der Waals surface area contributed by atoms with Crippen molar-refractivity contribution < 1.29 is 0 Å². The lowest BCUT2D eigenvalue weighted by Crippen LogP contribution is -2.16. The molecule has 0 aliphatic carbocycles. The van der Waals surface area contributed by atoms with E-state index in [1.165, 1.54) is 11.3 Å². The standard InChI is InChI=1S/C11H21N3/c1-8(6-7-12-5)14-11(4)9(2)10(3)13-14/h8,12H,6-7H2,1-5H3. The molecule has 0 aromatic carbocycles. The minimum Gasteiger partial charge on any atom is -0.320 e. The third kappa shape index (κ3) is 2.15. The molecule has 3 heteroatoms. The van der Waals surface area contributed by atoms with Gasteiger partial charge in [0.2, 0.25) is 0 Å². The van der Waals surface area contributed by atoms with Crippen LogP contribution in [-0.4, -0.2) is 23.4 Å². The molecule has 3 nitrogen and oxygen atoms in total. The molecule has 0 aliphatic heterocycles. The Bertz CT molecular complexity index is 302. The van der Waals surface area contributed by atoms with Gasteiger partial charge in [-0.05, 0) is 53.3 Å². The summed E-state index contributed by atoms with van der Waals surface area (Å²) in [5.74, 6) is 0. The summed E-state index contributed by atoms with van der Waals surface area (Å²) in [6.07, 6.45) is 1.12. The van der Waals surface area contributed by atoms with Crippen LogP contribution in [0.25, 0.3) is 0 Å². The lowest BCUT2D eigenvalue weighted by Gasteiger charge is -2.13. The normalized spacial score (nSPS) is 13.2. The van der Waals surface area contributed by atoms with Crippen molar-refractivity contribution in [2.24, 2.45) is 0 Å². The second kappa shape index (κ2) is 4.60. The van der Waals surface area contributed by atoms with E-state index in [1.54, 1.807) is 0 Å². The van der Waals surface area contributed by atoms with Crippen LogP contribution in [0, 0.1) is 20.8 Å². The van der Waals surface area contributed by atoms with Crippen LogP contribution in [-0.2, 0) is 0 Å². The van der Waals surface area contributed by atoms with Crippen molar-refractivity contribution in [3.63, 3.8) is 0 Å². The second-order valence-corrected chi connectivity index (χ2v) is 3.98. The summed E-state index contributed by atoms with van der Waals surface area (Å²) in [6, 6.07) is 0.481. The molecule has 0 radical (unpaired) electrons. The smallest absolute Gasteiger partial charge is 0.0625 e. The van der Waals surface area contributed by atoms with Crippen LogP contribution in [0.4, 0.5) is 0 Å². The highest BCUT2D eigenvalue weighted by Crippen LogP contribution is 2.17. The Hall–Kier alpha value is -0.830. The van der Waals surface area contributed by atoms with E-state index in [9.17, 15) is 0 Å². The van der Waals surface area contributed by atoms with Crippen LogP contribution in [0.15, 0.2) is 0 Å². The van der Waals surface area contributed by atoms with Crippen LogP contribution < -0.4 is 5.32 Å². The maximum Gasteiger partial charge on any atom is 0.0625 e. The molecule has 0 spiro atoms. The fourth-order valence-corrected chi connectivity index (χ4v) is 1.65. The molecular weight excluding hydrogens is 174 g/mol. The number of aryl methyl sites for hydroxylation is 1. The predicted molar refractivity (Wildman–Crippen MR) is 59.7 cm³/mol. The molecule has 1 aromatic heterocycles. The Balaban J connectivity index is 2.79. The molecule has 0 bridgehead atoms.